The van der Waals surface area contributed by atoms with E-state index in [0.717, 1.165) is 39.5 Å². The Labute approximate surface area is 137 Å². The molecule has 0 bridgehead atoms. The minimum atomic E-state index is 0.587. The molecular weight excluding hydrogens is 352 g/mol. The average Bonchev–Trinajstić information content (AvgIpc) is 2.81. The van der Waals surface area contributed by atoms with Gasteiger partial charge >= 0.3 is 0 Å². The normalized spacial score (nSPS) is 10.4. The molecule has 1 N–H and O–H groups in total. The minimum Gasteiger partial charge on any atom is -0.378 e. The fourth-order valence-electron chi connectivity index (χ4n) is 2.09. The van der Waals surface area contributed by atoms with Crippen LogP contribution < -0.4 is 5.32 Å². The molecule has 0 saturated carbocycles. The van der Waals surface area contributed by atoms with Crippen LogP contribution in [0.2, 0.25) is 5.02 Å². The molecule has 0 radical (unpaired) electrons. The largest absolute Gasteiger partial charge is 0.378 e. The molecule has 0 aliphatic carbocycles. The van der Waals surface area contributed by atoms with Crippen molar-refractivity contribution in [2.75, 3.05) is 5.32 Å². The van der Waals surface area contributed by atoms with Crippen molar-refractivity contribution in [2.24, 2.45) is 0 Å². The molecule has 21 heavy (non-hydrogen) atoms. The van der Waals surface area contributed by atoms with Gasteiger partial charge in [-0.25, -0.2) is 0 Å². The molecule has 4 nitrogen and oxygen atoms in total. The number of nitriles is 1. The molecular formula is C15H16BrClN4. The zero-order valence-electron chi connectivity index (χ0n) is 12.0. The van der Waals surface area contributed by atoms with Gasteiger partial charge in [0, 0.05) is 16.7 Å². The van der Waals surface area contributed by atoms with E-state index in [0.29, 0.717) is 12.1 Å². The summed E-state index contributed by atoms with van der Waals surface area (Å²) in [4.78, 5) is 0. The van der Waals surface area contributed by atoms with E-state index in [-0.39, 0.29) is 0 Å². The fraction of sp³-hybridized carbons (Fsp3) is 0.333. The number of aryl methyl sites for hydroxylation is 2. The average molecular weight is 368 g/mol. The maximum atomic E-state index is 8.88. The first-order valence-electron chi connectivity index (χ1n) is 6.78. The SMILES string of the molecule is CCc1nn(CC)c(CNc2ccc(C#N)cc2Br)c1Cl. The summed E-state index contributed by atoms with van der Waals surface area (Å²) in [6.45, 7) is 5.46. The maximum Gasteiger partial charge on any atom is 0.0992 e. The highest BCUT2D eigenvalue weighted by Gasteiger charge is 2.14. The molecule has 2 rings (SSSR count). The summed E-state index contributed by atoms with van der Waals surface area (Å²) in [6.07, 6.45) is 0.819. The van der Waals surface area contributed by atoms with E-state index >= 15 is 0 Å². The van der Waals surface area contributed by atoms with Gasteiger partial charge in [0.2, 0.25) is 0 Å². The van der Waals surface area contributed by atoms with E-state index in [4.69, 9.17) is 16.9 Å². The smallest absolute Gasteiger partial charge is 0.0992 e. The molecule has 1 aromatic heterocycles. The van der Waals surface area contributed by atoms with E-state index in [1.54, 1.807) is 12.1 Å². The summed E-state index contributed by atoms with van der Waals surface area (Å²) in [5.74, 6) is 0. The van der Waals surface area contributed by atoms with Gasteiger partial charge in [-0.05, 0) is 47.5 Å². The van der Waals surface area contributed by atoms with Gasteiger partial charge in [-0.15, -0.1) is 0 Å². The Kier molecular flexibility index (Phi) is 5.27. The summed E-state index contributed by atoms with van der Waals surface area (Å²) < 4.78 is 2.78. The number of anilines is 1. The molecule has 0 unspecified atom stereocenters. The molecule has 0 fully saturated rings. The number of rotatable bonds is 5. The molecule has 6 heteroatoms. The van der Waals surface area contributed by atoms with Crippen LogP contribution in [0.15, 0.2) is 22.7 Å². The first-order chi connectivity index (χ1) is 10.1. The second kappa shape index (κ2) is 6.97. The Morgan fingerprint density at radius 3 is 2.76 bits per heavy atom. The zero-order chi connectivity index (χ0) is 15.4. The number of aromatic nitrogens is 2. The molecule has 0 spiro atoms. The number of nitrogens with zero attached hydrogens (tertiary/aromatic N) is 3. The highest BCUT2D eigenvalue weighted by atomic mass is 79.9. The molecule has 0 aliphatic heterocycles. The number of benzene rings is 1. The summed E-state index contributed by atoms with van der Waals surface area (Å²) in [6, 6.07) is 7.56. The predicted molar refractivity (Wildman–Crippen MR) is 88.5 cm³/mol. The topological polar surface area (TPSA) is 53.6 Å². The first-order valence-corrected chi connectivity index (χ1v) is 7.95. The predicted octanol–water partition coefficient (Wildman–Crippen LogP) is 4.37. The third kappa shape index (κ3) is 3.39. The second-order valence-electron chi connectivity index (χ2n) is 4.54. The number of hydrogen-bond donors (Lipinski definition) is 1. The molecule has 2 aromatic rings. The number of nitrogens with one attached hydrogen (secondary N) is 1. The molecule has 1 aromatic carbocycles. The number of halogens is 2. The summed E-state index contributed by atoms with van der Waals surface area (Å²) >= 11 is 9.85. The van der Waals surface area contributed by atoms with E-state index in [1.165, 1.54) is 0 Å². The van der Waals surface area contributed by atoms with Gasteiger partial charge in [-0.2, -0.15) is 10.4 Å². The zero-order valence-corrected chi connectivity index (χ0v) is 14.3. The van der Waals surface area contributed by atoms with Crippen molar-refractivity contribution in [3.8, 4) is 6.07 Å². The van der Waals surface area contributed by atoms with Crippen molar-refractivity contribution >= 4 is 33.2 Å². The lowest BCUT2D eigenvalue weighted by atomic mass is 10.2. The van der Waals surface area contributed by atoms with Crippen LogP contribution in [0.4, 0.5) is 5.69 Å². The van der Waals surface area contributed by atoms with Gasteiger partial charge in [0.05, 0.1) is 34.6 Å². The Morgan fingerprint density at radius 1 is 1.43 bits per heavy atom. The van der Waals surface area contributed by atoms with Crippen LogP contribution >= 0.6 is 27.5 Å². The van der Waals surface area contributed by atoms with Crippen LogP contribution in [0.1, 0.15) is 30.8 Å². The quantitative estimate of drug-likeness (QED) is 0.854. The summed E-state index contributed by atoms with van der Waals surface area (Å²) in [5.41, 5.74) is 3.45. The Balaban J connectivity index is 2.20. The van der Waals surface area contributed by atoms with Crippen molar-refractivity contribution in [1.29, 1.82) is 5.26 Å². The minimum absolute atomic E-state index is 0.587. The second-order valence-corrected chi connectivity index (χ2v) is 5.77. The van der Waals surface area contributed by atoms with Crippen molar-refractivity contribution < 1.29 is 0 Å². The van der Waals surface area contributed by atoms with Crippen LogP contribution in [0, 0.1) is 11.3 Å². The molecule has 0 amide bonds. The highest BCUT2D eigenvalue weighted by molar-refractivity contribution is 9.10. The standard InChI is InChI=1S/C15H16BrClN4/c1-3-12-15(17)14(21(4-2)20-12)9-19-13-6-5-10(8-18)7-11(13)16/h5-7,19H,3-4,9H2,1-2H3. The van der Waals surface area contributed by atoms with Crippen LogP contribution in [0.5, 0.6) is 0 Å². The van der Waals surface area contributed by atoms with Gasteiger partial charge < -0.3 is 5.32 Å². The van der Waals surface area contributed by atoms with Crippen LogP contribution in [0.3, 0.4) is 0 Å². The van der Waals surface area contributed by atoms with Crippen LogP contribution in [-0.4, -0.2) is 9.78 Å². The lowest BCUT2D eigenvalue weighted by Gasteiger charge is -2.10. The van der Waals surface area contributed by atoms with E-state index in [2.05, 4.69) is 32.4 Å². The van der Waals surface area contributed by atoms with Crippen molar-refractivity contribution in [1.82, 2.24) is 9.78 Å². The van der Waals surface area contributed by atoms with Gasteiger partial charge in [0.25, 0.3) is 0 Å². The molecule has 0 aliphatic rings. The van der Waals surface area contributed by atoms with Gasteiger partial charge in [-0.1, -0.05) is 18.5 Å². The molecule has 0 atom stereocenters. The van der Waals surface area contributed by atoms with Crippen molar-refractivity contribution in [3.63, 3.8) is 0 Å². The van der Waals surface area contributed by atoms with Crippen LogP contribution in [0.25, 0.3) is 0 Å². The van der Waals surface area contributed by atoms with Gasteiger partial charge in [0.15, 0.2) is 0 Å². The van der Waals surface area contributed by atoms with E-state index < -0.39 is 0 Å². The monoisotopic (exact) mass is 366 g/mol. The third-order valence-electron chi connectivity index (χ3n) is 3.24. The van der Waals surface area contributed by atoms with Gasteiger partial charge in [0.1, 0.15) is 0 Å². The Bertz CT molecular complexity index is 688. The van der Waals surface area contributed by atoms with Crippen LogP contribution in [-0.2, 0) is 19.5 Å². The summed E-state index contributed by atoms with van der Waals surface area (Å²) in [5, 5.41) is 17.4. The third-order valence-corrected chi connectivity index (χ3v) is 4.33. The lowest BCUT2D eigenvalue weighted by molar-refractivity contribution is 0.619. The molecule has 0 saturated heterocycles. The number of hydrogen-bond acceptors (Lipinski definition) is 3. The summed E-state index contributed by atoms with van der Waals surface area (Å²) in [7, 11) is 0. The highest BCUT2D eigenvalue weighted by Crippen LogP contribution is 2.26. The molecule has 1 heterocycles. The van der Waals surface area contributed by atoms with Crippen molar-refractivity contribution in [3.05, 3.63) is 44.6 Å². The van der Waals surface area contributed by atoms with Crippen molar-refractivity contribution in [2.45, 2.75) is 33.4 Å². The van der Waals surface area contributed by atoms with Gasteiger partial charge in [-0.3, -0.25) is 4.68 Å². The lowest BCUT2D eigenvalue weighted by Crippen LogP contribution is -2.08. The Morgan fingerprint density at radius 2 is 2.19 bits per heavy atom. The fourth-order valence-corrected chi connectivity index (χ4v) is 2.95. The first kappa shape index (κ1) is 15.9. The van der Waals surface area contributed by atoms with E-state index in [9.17, 15) is 0 Å². The molecule has 110 valence electrons. The van der Waals surface area contributed by atoms with E-state index in [1.807, 2.05) is 24.6 Å². The maximum absolute atomic E-state index is 8.88. The Hall–Kier alpha value is -1.51.